The first-order valence-corrected chi connectivity index (χ1v) is 11.6. The highest BCUT2D eigenvalue weighted by atomic mass is 19.1. The van der Waals surface area contributed by atoms with E-state index in [4.69, 9.17) is 4.52 Å². The summed E-state index contributed by atoms with van der Waals surface area (Å²) < 4.78 is 19.5. The second-order valence-electron chi connectivity index (χ2n) is 9.18. The minimum Gasteiger partial charge on any atom is -0.361 e. The zero-order valence-electron chi connectivity index (χ0n) is 19.7. The zero-order valence-corrected chi connectivity index (χ0v) is 19.7. The highest BCUT2D eigenvalue weighted by Gasteiger charge is 2.40. The largest absolute Gasteiger partial charge is 0.361 e. The quantitative estimate of drug-likeness (QED) is 0.560. The van der Waals surface area contributed by atoms with Crippen molar-refractivity contribution in [3.05, 3.63) is 88.8 Å². The van der Waals surface area contributed by atoms with Crippen molar-refractivity contribution in [2.75, 3.05) is 6.54 Å². The van der Waals surface area contributed by atoms with Gasteiger partial charge in [-0.1, -0.05) is 73.6 Å². The fraction of sp³-hybridized carbons (Fsp3) is 0.370. The van der Waals surface area contributed by atoms with Crippen molar-refractivity contribution in [3.63, 3.8) is 0 Å². The number of aryl methyl sites for hydroxylation is 1. The summed E-state index contributed by atoms with van der Waals surface area (Å²) in [5.41, 5.74) is 3.71. The summed E-state index contributed by atoms with van der Waals surface area (Å²) in [5.74, 6) is 0.0703. The molecule has 1 saturated heterocycles. The summed E-state index contributed by atoms with van der Waals surface area (Å²) in [4.78, 5) is 27.6. The van der Waals surface area contributed by atoms with Crippen molar-refractivity contribution in [2.24, 2.45) is 0 Å². The molecular formula is C27H30FN3O3. The van der Waals surface area contributed by atoms with E-state index >= 15 is 0 Å². The maximum atomic E-state index is 14.4. The molecule has 2 aromatic carbocycles. The third-order valence-corrected chi connectivity index (χ3v) is 6.23. The monoisotopic (exact) mass is 463 g/mol. The van der Waals surface area contributed by atoms with Gasteiger partial charge in [-0.05, 0) is 29.5 Å². The molecule has 178 valence electrons. The minimum absolute atomic E-state index is 0.0270. The van der Waals surface area contributed by atoms with Gasteiger partial charge in [0.25, 0.3) is 0 Å². The van der Waals surface area contributed by atoms with Gasteiger partial charge in [-0.3, -0.25) is 9.59 Å². The van der Waals surface area contributed by atoms with Crippen LogP contribution in [-0.4, -0.2) is 40.6 Å². The molecule has 1 aromatic heterocycles. The van der Waals surface area contributed by atoms with Crippen LogP contribution in [0, 0.1) is 6.92 Å². The maximum Gasteiger partial charge on any atom is 0.243 e. The van der Waals surface area contributed by atoms with Gasteiger partial charge in [-0.2, -0.15) is 0 Å². The molecule has 2 heterocycles. The van der Waals surface area contributed by atoms with Gasteiger partial charge in [-0.15, -0.1) is 0 Å². The van der Waals surface area contributed by atoms with Gasteiger partial charge in [0, 0.05) is 12.5 Å². The van der Waals surface area contributed by atoms with Crippen LogP contribution in [0.4, 0.5) is 4.39 Å². The minimum atomic E-state index is -1.25. The number of carbonyl (C=O) groups is 2. The lowest BCUT2D eigenvalue weighted by atomic mass is 9.95. The normalized spacial score (nSPS) is 18.8. The lowest BCUT2D eigenvalue weighted by Crippen LogP contribution is -2.47. The van der Waals surface area contributed by atoms with Crippen LogP contribution in [0.5, 0.6) is 0 Å². The van der Waals surface area contributed by atoms with Crippen molar-refractivity contribution in [1.82, 2.24) is 15.4 Å². The Bertz CT molecular complexity index is 1130. The third-order valence-electron chi connectivity index (χ3n) is 6.23. The molecule has 3 aromatic rings. The Morgan fingerprint density at radius 3 is 2.35 bits per heavy atom. The molecule has 2 amide bonds. The molecule has 1 N–H and O–H groups in total. The number of benzene rings is 2. The van der Waals surface area contributed by atoms with Crippen LogP contribution in [-0.2, 0) is 16.0 Å². The number of likely N-dealkylation sites (tertiary alicyclic amines) is 1. The van der Waals surface area contributed by atoms with E-state index in [0.717, 1.165) is 11.1 Å². The van der Waals surface area contributed by atoms with Gasteiger partial charge < -0.3 is 14.7 Å². The van der Waals surface area contributed by atoms with Gasteiger partial charge in [0.1, 0.15) is 18.0 Å². The Labute approximate surface area is 199 Å². The maximum absolute atomic E-state index is 14.4. The third kappa shape index (κ3) is 5.35. The highest BCUT2D eigenvalue weighted by molar-refractivity contribution is 5.89. The lowest BCUT2D eigenvalue weighted by molar-refractivity contribution is -0.138. The van der Waals surface area contributed by atoms with E-state index < -0.39 is 18.3 Å². The number of nitrogens with zero attached hydrogens (tertiary/aromatic N) is 2. The standard InChI is InChI=1S/C27H30FN3O3/c1-17(2)19-9-11-21(12-10-19)26(20-7-5-4-6-8-20)29-27(33)24-14-22(28)16-31(24)25(32)15-23-13-18(3)30-34-23/h4-13,17,22,24,26H,14-16H2,1-3H3,(H,29,33)/t22-,24+,26+/m1/s1. The summed E-state index contributed by atoms with van der Waals surface area (Å²) in [5, 5.41) is 6.87. The van der Waals surface area contributed by atoms with Crippen molar-refractivity contribution >= 4 is 11.8 Å². The molecule has 34 heavy (non-hydrogen) atoms. The van der Waals surface area contributed by atoms with Crippen molar-refractivity contribution in [3.8, 4) is 0 Å². The van der Waals surface area contributed by atoms with Crippen molar-refractivity contribution in [1.29, 1.82) is 0 Å². The van der Waals surface area contributed by atoms with E-state index in [2.05, 4.69) is 36.5 Å². The fourth-order valence-electron chi connectivity index (χ4n) is 4.38. The van der Waals surface area contributed by atoms with Gasteiger partial charge in [0.05, 0.1) is 24.7 Å². The molecule has 4 rings (SSSR count). The molecule has 6 nitrogen and oxygen atoms in total. The van der Waals surface area contributed by atoms with E-state index in [1.54, 1.807) is 13.0 Å². The Balaban J connectivity index is 1.55. The summed E-state index contributed by atoms with van der Waals surface area (Å²) in [6, 6.07) is 18.2. The summed E-state index contributed by atoms with van der Waals surface area (Å²) in [6.07, 6.45) is -1.34. The Morgan fingerprint density at radius 2 is 1.74 bits per heavy atom. The molecule has 0 unspecified atom stereocenters. The van der Waals surface area contributed by atoms with Crippen LogP contribution in [0.25, 0.3) is 0 Å². The number of halogens is 1. The molecule has 0 spiro atoms. The van der Waals surface area contributed by atoms with Gasteiger partial charge >= 0.3 is 0 Å². The Kier molecular flexibility index (Phi) is 7.10. The van der Waals surface area contributed by atoms with Crippen LogP contribution in [0.15, 0.2) is 65.2 Å². The first-order valence-electron chi connectivity index (χ1n) is 11.6. The van der Waals surface area contributed by atoms with Gasteiger partial charge in [0.15, 0.2) is 0 Å². The van der Waals surface area contributed by atoms with Gasteiger partial charge in [0.2, 0.25) is 11.8 Å². The molecule has 1 aliphatic heterocycles. The van der Waals surface area contributed by atoms with E-state index in [9.17, 15) is 14.0 Å². The van der Waals surface area contributed by atoms with E-state index in [1.807, 2.05) is 42.5 Å². The van der Waals surface area contributed by atoms with Gasteiger partial charge in [-0.25, -0.2) is 4.39 Å². The fourth-order valence-corrected chi connectivity index (χ4v) is 4.38. The Hall–Kier alpha value is -3.48. The number of rotatable bonds is 7. The molecule has 7 heteroatoms. The molecule has 0 saturated carbocycles. The van der Waals surface area contributed by atoms with Crippen LogP contribution >= 0.6 is 0 Å². The zero-order chi connectivity index (χ0) is 24.2. The van der Waals surface area contributed by atoms with Crippen LogP contribution in [0.1, 0.15) is 60.4 Å². The summed E-state index contributed by atoms with van der Waals surface area (Å²) >= 11 is 0. The van der Waals surface area contributed by atoms with Crippen LogP contribution in [0.3, 0.4) is 0 Å². The van der Waals surface area contributed by atoms with E-state index in [0.29, 0.717) is 17.4 Å². The molecule has 3 atom stereocenters. The SMILES string of the molecule is Cc1cc(CC(=O)N2C[C@H](F)C[C@H]2C(=O)N[C@@H](c2ccccc2)c2ccc(C(C)C)cc2)on1. The number of carbonyl (C=O) groups excluding carboxylic acids is 2. The van der Waals surface area contributed by atoms with Crippen LogP contribution < -0.4 is 5.32 Å². The number of aromatic nitrogens is 1. The number of hydrogen-bond acceptors (Lipinski definition) is 4. The number of hydrogen-bond donors (Lipinski definition) is 1. The number of amides is 2. The predicted molar refractivity (Wildman–Crippen MR) is 127 cm³/mol. The average Bonchev–Trinajstić information content (AvgIpc) is 3.43. The van der Waals surface area contributed by atoms with Crippen molar-refractivity contribution < 1.29 is 18.5 Å². The Morgan fingerprint density at radius 1 is 1.09 bits per heavy atom. The predicted octanol–water partition coefficient (Wildman–Crippen LogP) is 4.49. The molecule has 1 aliphatic rings. The smallest absolute Gasteiger partial charge is 0.243 e. The van der Waals surface area contributed by atoms with Crippen LogP contribution in [0.2, 0.25) is 0 Å². The molecule has 1 fully saturated rings. The number of nitrogens with one attached hydrogen (secondary N) is 1. The summed E-state index contributed by atoms with van der Waals surface area (Å²) in [7, 11) is 0. The number of alkyl halides is 1. The molecular weight excluding hydrogens is 433 g/mol. The summed E-state index contributed by atoms with van der Waals surface area (Å²) in [6.45, 7) is 5.91. The lowest BCUT2D eigenvalue weighted by Gasteiger charge is -2.27. The van der Waals surface area contributed by atoms with E-state index in [-0.39, 0.29) is 31.2 Å². The second kappa shape index (κ2) is 10.2. The van der Waals surface area contributed by atoms with Crippen molar-refractivity contribution in [2.45, 2.75) is 57.8 Å². The first kappa shape index (κ1) is 23.7. The topological polar surface area (TPSA) is 75.4 Å². The first-order chi connectivity index (χ1) is 16.3. The second-order valence-corrected chi connectivity index (χ2v) is 9.18. The molecule has 0 radical (unpaired) electrons. The van der Waals surface area contributed by atoms with E-state index in [1.165, 1.54) is 10.5 Å². The molecule has 0 bridgehead atoms. The molecule has 0 aliphatic carbocycles. The highest BCUT2D eigenvalue weighted by Crippen LogP contribution is 2.27. The average molecular weight is 464 g/mol.